The number of ketones is 1. The molecule has 1 aliphatic heterocycles. The van der Waals surface area contributed by atoms with Crippen LogP contribution >= 0.6 is 0 Å². The zero-order valence-corrected chi connectivity index (χ0v) is 14.8. The third-order valence-electron chi connectivity index (χ3n) is 6.35. The molecule has 0 amide bonds. The molecule has 5 nitrogen and oxygen atoms in total. The normalized spacial score (nSPS) is 42.0. The highest BCUT2D eigenvalue weighted by Gasteiger charge is 2.65. The molecule has 2 aliphatic carbocycles. The van der Waals surface area contributed by atoms with Crippen molar-refractivity contribution in [2.45, 2.75) is 59.2 Å². The average Bonchev–Trinajstić information content (AvgIpc) is 2.71. The van der Waals surface area contributed by atoms with Crippen LogP contribution in [0, 0.1) is 16.7 Å². The monoisotopic (exact) mass is 329 g/mol. The minimum atomic E-state index is -3.45. The molecule has 0 N–H and O–H groups in total. The smallest absolute Gasteiger partial charge is 0.215 e. The number of rotatable bonds is 3. The molecule has 0 radical (unpaired) electrons. The van der Waals surface area contributed by atoms with Crippen molar-refractivity contribution < 1.29 is 17.9 Å². The maximum atomic E-state index is 13.0. The van der Waals surface area contributed by atoms with E-state index >= 15 is 0 Å². The summed E-state index contributed by atoms with van der Waals surface area (Å²) in [5.74, 6) is 0.478. The van der Waals surface area contributed by atoms with Crippen LogP contribution in [0.25, 0.3) is 0 Å². The van der Waals surface area contributed by atoms with E-state index in [9.17, 15) is 13.2 Å². The van der Waals surface area contributed by atoms with Crippen LogP contribution in [-0.4, -0.2) is 49.6 Å². The number of fused-ring (bicyclic) bond motifs is 2. The standard InChI is InChI=1S/C16H27NO4S/c1-11-8-17(9-12(2)21-11)22(19,20)10-16-6-5-13(7-14(16)18)15(16,3)4/h11-13H,5-10H2,1-4H3/t11-,12+,13-,16-/m0/s1. The van der Waals surface area contributed by atoms with Gasteiger partial charge in [-0.25, -0.2) is 8.42 Å². The molecule has 3 aliphatic rings. The predicted molar refractivity (Wildman–Crippen MR) is 83.9 cm³/mol. The van der Waals surface area contributed by atoms with Gasteiger partial charge in [-0.15, -0.1) is 0 Å². The second-order valence-corrected chi connectivity index (χ2v) is 9.97. The van der Waals surface area contributed by atoms with Gasteiger partial charge in [0.05, 0.1) is 18.0 Å². The first-order chi connectivity index (χ1) is 10.1. The number of sulfonamides is 1. The number of Topliss-reactive ketones (excluding diaryl/α,β-unsaturated/α-hetero) is 1. The minimum absolute atomic E-state index is 0.0260. The van der Waals surface area contributed by atoms with Gasteiger partial charge in [0.15, 0.2) is 0 Å². The van der Waals surface area contributed by atoms with Crippen LogP contribution in [0.1, 0.15) is 47.0 Å². The molecule has 2 bridgehead atoms. The fourth-order valence-corrected chi connectivity index (χ4v) is 7.23. The molecule has 4 atom stereocenters. The highest BCUT2D eigenvalue weighted by atomic mass is 32.2. The average molecular weight is 329 g/mol. The Morgan fingerprint density at radius 3 is 2.27 bits per heavy atom. The van der Waals surface area contributed by atoms with Crippen molar-refractivity contribution in [3.05, 3.63) is 0 Å². The first-order valence-electron chi connectivity index (χ1n) is 8.25. The Balaban J connectivity index is 1.87. The lowest BCUT2D eigenvalue weighted by Gasteiger charge is -2.40. The summed E-state index contributed by atoms with van der Waals surface area (Å²) in [5, 5.41) is 0. The number of carbonyl (C=O) groups excluding carboxylic acids is 1. The highest BCUT2D eigenvalue weighted by Crippen LogP contribution is 2.64. The Hall–Kier alpha value is -0.460. The van der Waals surface area contributed by atoms with E-state index in [0.717, 1.165) is 12.8 Å². The van der Waals surface area contributed by atoms with Crippen LogP contribution in [0.5, 0.6) is 0 Å². The van der Waals surface area contributed by atoms with E-state index in [2.05, 4.69) is 13.8 Å². The first-order valence-corrected chi connectivity index (χ1v) is 9.86. The lowest BCUT2D eigenvalue weighted by Crippen LogP contribution is -2.52. The van der Waals surface area contributed by atoms with Gasteiger partial charge in [-0.1, -0.05) is 13.8 Å². The molecule has 0 unspecified atom stereocenters. The van der Waals surface area contributed by atoms with Gasteiger partial charge in [-0.05, 0) is 38.0 Å². The minimum Gasteiger partial charge on any atom is -0.373 e. The van der Waals surface area contributed by atoms with Crippen LogP contribution in [0.2, 0.25) is 0 Å². The first kappa shape index (κ1) is 16.4. The fourth-order valence-electron chi connectivity index (χ4n) is 4.87. The molecule has 1 saturated heterocycles. The molecule has 6 heteroatoms. The van der Waals surface area contributed by atoms with Gasteiger partial charge in [-0.2, -0.15) is 4.31 Å². The maximum absolute atomic E-state index is 13.0. The van der Waals surface area contributed by atoms with Gasteiger partial charge in [-0.3, -0.25) is 4.79 Å². The van der Waals surface area contributed by atoms with E-state index in [1.54, 1.807) is 0 Å². The van der Waals surface area contributed by atoms with Crippen molar-refractivity contribution in [2.75, 3.05) is 18.8 Å². The van der Waals surface area contributed by atoms with Gasteiger partial charge in [0.1, 0.15) is 5.78 Å². The van der Waals surface area contributed by atoms with E-state index in [1.165, 1.54) is 4.31 Å². The van der Waals surface area contributed by atoms with Crippen LogP contribution in [0.15, 0.2) is 0 Å². The molecule has 3 rings (SSSR count). The number of nitrogens with zero attached hydrogens (tertiary/aromatic N) is 1. The van der Waals surface area contributed by atoms with Crippen LogP contribution in [0.4, 0.5) is 0 Å². The largest absolute Gasteiger partial charge is 0.373 e. The van der Waals surface area contributed by atoms with E-state index in [4.69, 9.17) is 4.74 Å². The van der Waals surface area contributed by atoms with Crippen LogP contribution < -0.4 is 0 Å². The summed E-state index contributed by atoms with van der Waals surface area (Å²) in [6.45, 7) is 8.73. The Morgan fingerprint density at radius 1 is 1.23 bits per heavy atom. The highest BCUT2D eigenvalue weighted by molar-refractivity contribution is 7.89. The van der Waals surface area contributed by atoms with Crippen LogP contribution in [-0.2, 0) is 19.6 Å². The van der Waals surface area contributed by atoms with Crippen molar-refractivity contribution in [1.29, 1.82) is 0 Å². The van der Waals surface area contributed by atoms with Gasteiger partial charge in [0.2, 0.25) is 10.0 Å². The van der Waals surface area contributed by atoms with Crippen molar-refractivity contribution >= 4 is 15.8 Å². The molecule has 2 saturated carbocycles. The lowest BCUT2D eigenvalue weighted by molar-refractivity contribution is -0.128. The summed E-state index contributed by atoms with van der Waals surface area (Å²) >= 11 is 0. The topological polar surface area (TPSA) is 63.7 Å². The molecule has 0 spiro atoms. The second-order valence-electron chi connectivity index (χ2n) is 8.00. The maximum Gasteiger partial charge on any atom is 0.215 e. The van der Waals surface area contributed by atoms with E-state index in [-0.39, 0.29) is 29.2 Å². The van der Waals surface area contributed by atoms with Gasteiger partial charge < -0.3 is 4.74 Å². The van der Waals surface area contributed by atoms with E-state index in [1.807, 2.05) is 13.8 Å². The molecular weight excluding hydrogens is 302 g/mol. The SMILES string of the molecule is C[C@@H]1CN(S(=O)(=O)C[C@@]23CC[C@@H](CC2=O)C3(C)C)C[C@H](C)O1. The molecule has 0 aromatic carbocycles. The molecule has 1 heterocycles. The summed E-state index contributed by atoms with van der Waals surface area (Å²) in [6, 6.07) is 0. The third-order valence-corrected chi connectivity index (χ3v) is 8.29. The predicted octanol–water partition coefficient (Wildman–Crippen LogP) is 1.82. The van der Waals surface area contributed by atoms with Gasteiger partial charge in [0, 0.05) is 24.9 Å². The van der Waals surface area contributed by atoms with Crippen molar-refractivity contribution in [3.8, 4) is 0 Å². The zero-order valence-electron chi connectivity index (χ0n) is 14.0. The molecule has 22 heavy (non-hydrogen) atoms. The Kier molecular flexibility index (Phi) is 3.74. The molecule has 3 fully saturated rings. The molecule has 126 valence electrons. The third kappa shape index (κ3) is 2.26. The van der Waals surface area contributed by atoms with Crippen molar-refractivity contribution in [1.82, 2.24) is 4.31 Å². The Bertz CT molecular complexity index is 575. The number of hydrogen-bond acceptors (Lipinski definition) is 4. The number of carbonyl (C=O) groups is 1. The quantitative estimate of drug-likeness (QED) is 0.792. The van der Waals surface area contributed by atoms with Gasteiger partial charge >= 0.3 is 0 Å². The molecule has 0 aromatic heterocycles. The Labute approximate surface area is 133 Å². The molecule has 0 aromatic rings. The fraction of sp³-hybridized carbons (Fsp3) is 0.938. The number of hydrogen-bond donors (Lipinski definition) is 0. The number of ether oxygens (including phenoxy) is 1. The van der Waals surface area contributed by atoms with E-state index < -0.39 is 15.4 Å². The summed E-state index contributed by atoms with van der Waals surface area (Å²) in [5.41, 5.74) is -0.887. The zero-order chi connectivity index (χ0) is 16.3. The second kappa shape index (κ2) is 5.02. The Morgan fingerprint density at radius 2 is 1.82 bits per heavy atom. The van der Waals surface area contributed by atoms with Crippen molar-refractivity contribution in [2.24, 2.45) is 16.7 Å². The summed E-state index contributed by atoms with van der Waals surface area (Å²) < 4.78 is 33.1. The molecular formula is C16H27NO4S. The number of morpholine rings is 1. The summed E-state index contributed by atoms with van der Waals surface area (Å²) in [4.78, 5) is 12.6. The van der Waals surface area contributed by atoms with Gasteiger partial charge in [0.25, 0.3) is 0 Å². The van der Waals surface area contributed by atoms with E-state index in [0.29, 0.717) is 25.4 Å². The lowest BCUT2D eigenvalue weighted by atomic mass is 9.70. The van der Waals surface area contributed by atoms with Crippen LogP contribution in [0.3, 0.4) is 0 Å². The summed E-state index contributed by atoms with van der Waals surface area (Å²) in [7, 11) is -3.45. The summed E-state index contributed by atoms with van der Waals surface area (Å²) in [6.07, 6.45) is 2.06. The van der Waals surface area contributed by atoms with Crippen molar-refractivity contribution in [3.63, 3.8) is 0 Å².